The Morgan fingerprint density at radius 2 is 2.10 bits per heavy atom. The van der Waals surface area contributed by atoms with Crippen molar-refractivity contribution in [2.75, 3.05) is 11.5 Å². The number of hydrogen-bond donors (Lipinski definition) is 1. The second kappa shape index (κ2) is 5.87. The van der Waals surface area contributed by atoms with E-state index in [1.54, 1.807) is 0 Å². The SMILES string of the molecule is O=C(C[C@H]1CCS(=O)(=O)C1)NCc1cc(F)ccc1F. The minimum Gasteiger partial charge on any atom is -0.352 e. The fourth-order valence-corrected chi connectivity index (χ4v) is 4.10. The maximum absolute atomic E-state index is 13.3. The quantitative estimate of drug-likeness (QED) is 0.914. The molecule has 20 heavy (non-hydrogen) atoms. The van der Waals surface area contributed by atoms with Crippen molar-refractivity contribution in [3.05, 3.63) is 35.4 Å². The number of benzene rings is 1. The number of sulfone groups is 1. The predicted octanol–water partition coefficient (Wildman–Crippen LogP) is 1.41. The van der Waals surface area contributed by atoms with Gasteiger partial charge in [-0.15, -0.1) is 0 Å². The van der Waals surface area contributed by atoms with Crippen molar-refractivity contribution in [1.82, 2.24) is 5.32 Å². The number of nitrogens with one attached hydrogen (secondary N) is 1. The minimum atomic E-state index is -3.01. The van der Waals surface area contributed by atoms with E-state index in [9.17, 15) is 22.0 Å². The standard InChI is InChI=1S/C13H15F2NO3S/c14-11-1-2-12(15)10(6-11)7-16-13(17)5-9-3-4-20(18,19)8-9/h1-2,6,9H,3-5,7-8H2,(H,16,17)/t9-/m1/s1. The van der Waals surface area contributed by atoms with Gasteiger partial charge < -0.3 is 5.32 Å². The van der Waals surface area contributed by atoms with E-state index in [4.69, 9.17) is 0 Å². The third-order valence-corrected chi connectivity index (χ3v) is 5.12. The van der Waals surface area contributed by atoms with E-state index >= 15 is 0 Å². The van der Waals surface area contributed by atoms with E-state index in [1.807, 2.05) is 0 Å². The Bertz CT molecular complexity index is 616. The molecule has 1 aliphatic rings. The first-order valence-corrected chi connectivity index (χ1v) is 8.09. The lowest BCUT2D eigenvalue weighted by Gasteiger charge is -2.09. The van der Waals surface area contributed by atoms with Crippen molar-refractivity contribution in [3.63, 3.8) is 0 Å². The lowest BCUT2D eigenvalue weighted by Crippen LogP contribution is -2.26. The third-order valence-electron chi connectivity index (χ3n) is 3.28. The van der Waals surface area contributed by atoms with Crippen LogP contribution >= 0.6 is 0 Å². The van der Waals surface area contributed by atoms with E-state index in [2.05, 4.69) is 5.32 Å². The smallest absolute Gasteiger partial charge is 0.220 e. The molecular formula is C13H15F2NO3S. The van der Waals surface area contributed by atoms with Gasteiger partial charge in [0.15, 0.2) is 9.84 Å². The molecule has 4 nitrogen and oxygen atoms in total. The molecule has 7 heteroatoms. The summed E-state index contributed by atoms with van der Waals surface area (Å²) in [4.78, 5) is 11.7. The summed E-state index contributed by atoms with van der Waals surface area (Å²) < 4.78 is 48.8. The zero-order chi connectivity index (χ0) is 14.8. The highest BCUT2D eigenvalue weighted by Crippen LogP contribution is 2.21. The van der Waals surface area contributed by atoms with Crippen LogP contribution in [0.2, 0.25) is 0 Å². The molecule has 1 aliphatic heterocycles. The highest BCUT2D eigenvalue weighted by molar-refractivity contribution is 7.91. The van der Waals surface area contributed by atoms with Crippen molar-refractivity contribution in [2.24, 2.45) is 5.92 Å². The molecule has 1 saturated heterocycles. The molecule has 0 aromatic heterocycles. The van der Waals surface area contributed by atoms with Crippen LogP contribution in [0.1, 0.15) is 18.4 Å². The molecule has 110 valence electrons. The number of rotatable bonds is 4. The average Bonchev–Trinajstić information content (AvgIpc) is 2.70. The number of carbonyl (C=O) groups excluding carboxylic acids is 1. The third kappa shape index (κ3) is 4.00. The normalized spacial score (nSPS) is 20.8. The Morgan fingerprint density at radius 3 is 2.75 bits per heavy atom. The number of hydrogen-bond acceptors (Lipinski definition) is 3. The highest BCUT2D eigenvalue weighted by Gasteiger charge is 2.29. The number of carbonyl (C=O) groups is 1. The molecule has 2 rings (SSSR count). The first-order chi connectivity index (χ1) is 9.35. The molecule has 0 bridgehead atoms. The minimum absolute atomic E-state index is 0.0226. The van der Waals surface area contributed by atoms with Gasteiger partial charge in [0, 0.05) is 18.5 Å². The molecule has 1 aromatic carbocycles. The Labute approximate surface area is 116 Å². The van der Waals surface area contributed by atoms with E-state index in [0.29, 0.717) is 6.42 Å². The van der Waals surface area contributed by atoms with Gasteiger partial charge in [0.25, 0.3) is 0 Å². The van der Waals surface area contributed by atoms with Gasteiger partial charge in [-0.05, 0) is 30.5 Å². The van der Waals surface area contributed by atoms with Crippen LogP contribution in [0, 0.1) is 17.6 Å². The first-order valence-electron chi connectivity index (χ1n) is 6.27. The Kier molecular flexibility index (Phi) is 4.37. The average molecular weight is 303 g/mol. The zero-order valence-electron chi connectivity index (χ0n) is 10.7. The molecule has 1 aromatic rings. The molecule has 0 unspecified atom stereocenters. The number of halogens is 2. The van der Waals surface area contributed by atoms with Crippen molar-refractivity contribution in [3.8, 4) is 0 Å². The van der Waals surface area contributed by atoms with Crippen LogP contribution in [-0.2, 0) is 21.2 Å². The molecule has 1 amide bonds. The van der Waals surface area contributed by atoms with Crippen molar-refractivity contribution in [1.29, 1.82) is 0 Å². The lowest BCUT2D eigenvalue weighted by atomic mass is 10.0. The van der Waals surface area contributed by atoms with Crippen LogP contribution in [0.4, 0.5) is 8.78 Å². The predicted molar refractivity (Wildman–Crippen MR) is 69.6 cm³/mol. The van der Waals surface area contributed by atoms with Crippen LogP contribution in [0.5, 0.6) is 0 Å². The van der Waals surface area contributed by atoms with Crippen LogP contribution in [0.15, 0.2) is 18.2 Å². The summed E-state index contributed by atoms with van der Waals surface area (Å²) in [5.41, 5.74) is 0.0670. The van der Waals surface area contributed by atoms with Gasteiger partial charge in [0.05, 0.1) is 11.5 Å². The molecule has 0 radical (unpaired) electrons. The van der Waals surface area contributed by atoms with Gasteiger partial charge in [0.2, 0.25) is 5.91 Å². The maximum Gasteiger partial charge on any atom is 0.220 e. The van der Waals surface area contributed by atoms with Crippen molar-refractivity contribution < 1.29 is 22.0 Å². The van der Waals surface area contributed by atoms with Gasteiger partial charge in [-0.3, -0.25) is 4.79 Å². The summed E-state index contributed by atoms with van der Waals surface area (Å²) >= 11 is 0. The largest absolute Gasteiger partial charge is 0.352 e. The van der Waals surface area contributed by atoms with Gasteiger partial charge in [-0.1, -0.05) is 0 Å². The van der Waals surface area contributed by atoms with E-state index in [-0.39, 0.29) is 41.9 Å². The Balaban J connectivity index is 1.85. The Morgan fingerprint density at radius 1 is 1.35 bits per heavy atom. The second-order valence-corrected chi connectivity index (χ2v) is 7.21. The summed E-state index contributed by atoms with van der Waals surface area (Å²) in [5, 5.41) is 2.48. The summed E-state index contributed by atoms with van der Waals surface area (Å²) in [6, 6.07) is 3.03. The highest BCUT2D eigenvalue weighted by atomic mass is 32.2. The molecule has 0 saturated carbocycles. The number of amides is 1. The molecule has 1 N–H and O–H groups in total. The monoisotopic (exact) mass is 303 g/mol. The molecule has 1 fully saturated rings. The molecule has 0 spiro atoms. The molecular weight excluding hydrogens is 288 g/mol. The van der Waals surface area contributed by atoms with Crippen LogP contribution in [0.3, 0.4) is 0 Å². The lowest BCUT2D eigenvalue weighted by molar-refractivity contribution is -0.122. The maximum atomic E-state index is 13.3. The van der Waals surface area contributed by atoms with Crippen LogP contribution in [-0.4, -0.2) is 25.8 Å². The van der Waals surface area contributed by atoms with Gasteiger partial charge in [-0.25, -0.2) is 17.2 Å². The van der Waals surface area contributed by atoms with Crippen LogP contribution in [0.25, 0.3) is 0 Å². The second-order valence-electron chi connectivity index (χ2n) is 4.99. The van der Waals surface area contributed by atoms with E-state index in [1.165, 1.54) is 0 Å². The Hall–Kier alpha value is -1.50. The molecule has 1 heterocycles. The van der Waals surface area contributed by atoms with Gasteiger partial charge in [-0.2, -0.15) is 0 Å². The molecule has 0 aliphatic carbocycles. The van der Waals surface area contributed by atoms with Crippen LogP contribution < -0.4 is 5.32 Å². The van der Waals surface area contributed by atoms with Gasteiger partial charge >= 0.3 is 0 Å². The summed E-state index contributed by atoms with van der Waals surface area (Å²) in [7, 11) is -3.01. The van der Waals surface area contributed by atoms with Crippen molar-refractivity contribution >= 4 is 15.7 Å². The zero-order valence-corrected chi connectivity index (χ0v) is 11.6. The van der Waals surface area contributed by atoms with Gasteiger partial charge in [0.1, 0.15) is 11.6 Å². The fourth-order valence-electron chi connectivity index (χ4n) is 2.24. The molecule has 1 atom stereocenters. The summed E-state index contributed by atoms with van der Waals surface area (Å²) in [6.45, 7) is -0.109. The topological polar surface area (TPSA) is 63.2 Å². The van der Waals surface area contributed by atoms with E-state index < -0.39 is 21.5 Å². The van der Waals surface area contributed by atoms with E-state index in [0.717, 1.165) is 18.2 Å². The first kappa shape index (κ1) is 14.9. The summed E-state index contributed by atoms with van der Waals surface area (Å²) in [6.07, 6.45) is 0.570. The summed E-state index contributed by atoms with van der Waals surface area (Å²) in [5.74, 6) is -1.56. The fraction of sp³-hybridized carbons (Fsp3) is 0.462. The van der Waals surface area contributed by atoms with Crippen molar-refractivity contribution in [2.45, 2.75) is 19.4 Å².